The highest BCUT2D eigenvalue weighted by Crippen LogP contribution is 2.24. The number of hydrogen-bond acceptors (Lipinski definition) is 4. The molecular formula is C15H15NO4S. The van der Waals surface area contributed by atoms with Gasteiger partial charge in [-0.2, -0.15) is 0 Å². The number of nitrogens with one attached hydrogen (secondary N) is 1. The van der Waals surface area contributed by atoms with E-state index in [0.717, 1.165) is 0 Å². The van der Waals surface area contributed by atoms with Gasteiger partial charge in [-0.05, 0) is 43.5 Å². The molecular weight excluding hydrogens is 290 g/mol. The van der Waals surface area contributed by atoms with Crippen molar-refractivity contribution in [3.8, 4) is 5.75 Å². The van der Waals surface area contributed by atoms with Crippen molar-refractivity contribution in [3.05, 3.63) is 46.8 Å². The number of carboxylic acid groups (broad SMARTS) is 1. The lowest BCUT2D eigenvalue weighted by atomic mass is 10.2. The van der Waals surface area contributed by atoms with Crippen LogP contribution in [-0.2, 0) is 0 Å². The standard InChI is InChI=1S/C15H15NO4S/c1-9(2)20-11-5-3-4-10(8-11)13(17)16-14-12(15(18)19)6-7-21-14/h3-9H,1-2H3,(H,16,17)(H,18,19). The number of aromatic carboxylic acids is 1. The fourth-order valence-corrected chi connectivity index (χ4v) is 2.51. The molecule has 1 heterocycles. The first-order chi connectivity index (χ1) is 9.97. The molecule has 0 aliphatic heterocycles. The molecule has 0 atom stereocenters. The van der Waals surface area contributed by atoms with Crippen LogP contribution in [0.2, 0.25) is 0 Å². The maximum Gasteiger partial charge on any atom is 0.338 e. The minimum Gasteiger partial charge on any atom is -0.491 e. The van der Waals surface area contributed by atoms with E-state index in [4.69, 9.17) is 9.84 Å². The summed E-state index contributed by atoms with van der Waals surface area (Å²) in [4.78, 5) is 23.2. The van der Waals surface area contributed by atoms with Crippen molar-refractivity contribution in [2.24, 2.45) is 0 Å². The van der Waals surface area contributed by atoms with Crippen LogP contribution in [0.5, 0.6) is 5.75 Å². The Balaban J connectivity index is 2.17. The largest absolute Gasteiger partial charge is 0.491 e. The number of hydrogen-bond donors (Lipinski definition) is 2. The van der Waals surface area contributed by atoms with Gasteiger partial charge >= 0.3 is 5.97 Å². The van der Waals surface area contributed by atoms with Crippen molar-refractivity contribution in [1.82, 2.24) is 0 Å². The van der Waals surface area contributed by atoms with E-state index in [-0.39, 0.29) is 17.6 Å². The molecule has 0 bridgehead atoms. The third-order valence-corrected chi connectivity index (χ3v) is 3.42. The van der Waals surface area contributed by atoms with Crippen LogP contribution in [0, 0.1) is 0 Å². The van der Waals surface area contributed by atoms with Gasteiger partial charge in [-0.15, -0.1) is 11.3 Å². The highest BCUT2D eigenvalue weighted by molar-refractivity contribution is 7.14. The molecule has 2 N–H and O–H groups in total. The average Bonchev–Trinajstić information content (AvgIpc) is 2.86. The lowest BCUT2D eigenvalue weighted by Crippen LogP contribution is -2.13. The van der Waals surface area contributed by atoms with Gasteiger partial charge < -0.3 is 15.2 Å². The maximum atomic E-state index is 12.2. The molecule has 2 aromatic rings. The van der Waals surface area contributed by atoms with Gasteiger partial charge in [0.25, 0.3) is 5.91 Å². The van der Waals surface area contributed by atoms with E-state index in [1.165, 1.54) is 17.4 Å². The molecule has 0 saturated heterocycles. The molecule has 0 fully saturated rings. The number of carbonyl (C=O) groups excluding carboxylic acids is 1. The second-order valence-corrected chi connectivity index (χ2v) is 5.53. The molecule has 2 rings (SSSR count). The van der Waals surface area contributed by atoms with Gasteiger partial charge in [-0.25, -0.2) is 4.79 Å². The Labute approximate surface area is 126 Å². The molecule has 21 heavy (non-hydrogen) atoms. The van der Waals surface area contributed by atoms with E-state index >= 15 is 0 Å². The fourth-order valence-electron chi connectivity index (χ4n) is 1.73. The Bertz CT molecular complexity index is 663. The number of benzene rings is 1. The summed E-state index contributed by atoms with van der Waals surface area (Å²) in [6, 6.07) is 8.23. The van der Waals surface area contributed by atoms with Gasteiger partial charge in [0, 0.05) is 5.56 Å². The summed E-state index contributed by atoms with van der Waals surface area (Å²) >= 11 is 1.17. The monoisotopic (exact) mass is 305 g/mol. The van der Waals surface area contributed by atoms with Gasteiger partial charge in [-0.3, -0.25) is 4.79 Å². The third kappa shape index (κ3) is 3.82. The highest BCUT2D eigenvalue weighted by Gasteiger charge is 2.15. The Hall–Kier alpha value is -2.34. The van der Waals surface area contributed by atoms with Gasteiger partial charge in [0.1, 0.15) is 10.8 Å². The van der Waals surface area contributed by atoms with Gasteiger partial charge in [0.15, 0.2) is 0 Å². The topological polar surface area (TPSA) is 75.6 Å². The van der Waals surface area contributed by atoms with E-state index in [1.807, 2.05) is 13.8 Å². The van der Waals surface area contributed by atoms with E-state index in [2.05, 4.69) is 5.32 Å². The average molecular weight is 305 g/mol. The summed E-state index contributed by atoms with van der Waals surface area (Å²) in [6.45, 7) is 3.80. The first kappa shape index (κ1) is 15.1. The number of carbonyl (C=O) groups is 2. The molecule has 0 spiro atoms. The van der Waals surface area contributed by atoms with Crippen LogP contribution >= 0.6 is 11.3 Å². The lowest BCUT2D eigenvalue weighted by molar-refractivity contribution is 0.0698. The molecule has 0 aliphatic carbocycles. The zero-order valence-electron chi connectivity index (χ0n) is 11.6. The second kappa shape index (κ2) is 6.41. The Morgan fingerprint density at radius 2 is 2.05 bits per heavy atom. The van der Waals surface area contributed by atoms with E-state index in [9.17, 15) is 9.59 Å². The van der Waals surface area contributed by atoms with Crippen molar-refractivity contribution in [2.75, 3.05) is 5.32 Å². The second-order valence-electron chi connectivity index (χ2n) is 4.62. The van der Waals surface area contributed by atoms with Crippen LogP contribution < -0.4 is 10.1 Å². The predicted molar refractivity (Wildman–Crippen MR) is 81.4 cm³/mol. The predicted octanol–water partition coefficient (Wildman–Crippen LogP) is 3.49. The summed E-state index contributed by atoms with van der Waals surface area (Å²) in [5.74, 6) is -0.833. The van der Waals surface area contributed by atoms with Gasteiger partial charge in [0.2, 0.25) is 0 Å². The van der Waals surface area contributed by atoms with E-state index in [0.29, 0.717) is 16.3 Å². The molecule has 1 aromatic heterocycles. The van der Waals surface area contributed by atoms with Crippen LogP contribution in [0.1, 0.15) is 34.6 Å². The van der Waals surface area contributed by atoms with Crippen molar-refractivity contribution >= 4 is 28.2 Å². The van der Waals surface area contributed by atoms with Crippen molar-refractivity contribution in [1.29, 1.82) is 0 Å². The van der Waals surface area contributed by atoms with Crippen LogP contribution in [0.15, 0.2) is 35.7 Å². The molecule has 0 radical (unpaired) electrons. The summed E-state index contributed by atoms with van der Waals surface area (Å²) in [5.41, 5.74) is 0.501. The number of anilines is 1. The molecule has 5 nitrogen and oxygen atoms in total. The minimum absolute atomic E-state index is 0.0132. The zero-order chi connectivity index (χ0) is 15.4. The number of ether oxygens (including phenoxy) is 1. The van der Waals surface area contributed by atoms with Crippen molar-refractivity contribution in [2.45, 2.75) is 20.0 Å². The molecule has 0 saturated carbocycles. The molecule has 6 heteroatoms. The van der Waals surface area contributed by atoms with Crippen LogP contribution in [-0.4, -0.2) is 23.1 Å². The Morgan fingerprint density at radius 3 is 2.71 bits per heavy atom. The molecule has 1 amide bonds. The molecule has 110 valence electrons. The van der Waals surface area contributed by atoms with Crippen molar-refractivity contribution < 1.29 is 19.4 Å². The SMILES string of the molecule is CC(C)Oc1cccc(C(=O)Nc2sccc2C(=O)O)c1. The van der Waals surface area contributed by atoms with Crippen LogP contribution in [0.25, 0.3) is 0 Å². The van der Waals surface area contributed by atoms with E-state index in [1.54, 1.807) is 29.6 Å². The quantitative estimate of drug-likeness (QED) is 0.886. The molecule has 0 unspecified atom stereocenters. The van der Waals surface area contributed by atoms with E-state index < -0.39 is 5.97 Å². The number of thiophene rings is 1. The first-order valence-electron chi connectivity index (χ1n) is 6.36. The maximum absolute atomic E-state index is 12.2. The van der Waals surface area contributed by atoms with Crippen LogP contribution in [0.4, 0.5) is 5.00 Å². The summed E-state index contributed by atoms with van der Waals surface area (Å²) in [7, 11) is 0. The zero-order valence-corrected chi connectivity index (χ0v) is 12.4. The summed E-state index contributed by atoms with van der Waals surface area (Å²) < 4.78 is 5.53. The van der Waals surface area contributed by atoms with Crippen LogP contribution in [0.3, 0.4) is 0 Å². The fraction of sp³-hybridized carbons (Fsp3) is 0.200. The summed E-state index contributed by atoms with van der Waals surface area (Å²) in [5, 5.41) is 13.6. The molecule has 0 aliphatic rings. The van der Waals surface area contributed by atoms with Gasteiger partial charge in [0.05, 0.1) is 11.7 Å². The summed E-state index contributed by atoms with van der Waals surface area (Å²) in [6.07, 6.45) is 0.0132. The Kier molecular flexibility index (Phi) is 4.59. The number of carboxylic acids is 1. The Morgan fingerprint density at radius 1 is 1.29 bits per heavy atom. The highest BCUT2D eigenvalue weighted by atomic mass is 32.1. The van der Waals surface area contributed by atoms with Crippen molar-refractivity contribution in [3.63, 3.8) is 0 Å². The third-order valence-electron chi connectivity index (χ3n) is 2.59. The minimum atomic E-state index is -1.07. The number of amides is 1. The first-order valence-corrected chi connectivity index (χ1v) is 7.24. The smallest absolute Gasteiger partial charge is 0.338 e. The lowest BCUT2D eigenvalue weighted by Gasteiger charge is -2.11. The normalized spacial score (nSPS) is 10.4. The molecule has 1 aromatic carbocycles. The van der Waals surface area contributed by atoms with Gasteiger partial charge in [-0.1, -0.05) is 6.07 Å². The number of rotatable bonds is 5.